The Morgan fingerprint density at radius 3 is 2.64 bits per heavy atom. The van der Waals surface area contributed by atoms with Crippen LogP contribution in [0, 0.1) is 17.8 Å². The fourth-order valence-electron chi connectivity index (χ4n) is 6.94. The Balaban J connectivity index is 1.45. The van der Waals surface area contributed by atoms with Gasteiger partial charge in [0.15, 0.2) is 0 Å². The van der Waals surface area contributed by atoms with Gasteiger partial charge in [-0.1, -0.05) is 23.7 Å². The smallest absolute Gasteiger partial charge is 0.304 e. The lowest BCUT2D eigenvalue weighted by atomic mass is 9.65. The van der Waals surface area contributed by atoms with Crippen molar-refractivity contribution >= 4 is 33.4 Å². The summed E-state index contributed by atoms with van der Waals surface area (Å²) in [5, 5.41) is 0.724. The quantitative estimate of drug-likeness (QED) is 0.436. The number of anilines is 1. The van der Waals surface area contributed by atoms with Crippen molar-refractivity contribution in [3.05, 3.63) is 69.8 Å². The molecule has 1 unspecified atom stereocenters. The van der Waals surface area contributed by atoms with Gasteiger partial charge in [0.1, 0.15) is 5.75 Å². The van der Waals surface area contributed by atoms with Crippen LogP contribution in [0.4, 0.5) is 5.69 Å². The first-order chi connectivity index (χ1) is 20.1. The van der Waals surface area contributed by atoms with Crippen LogP contribution in [-0.4, -0.2) is 58.1 Å². The summed E-state index contributed by atoms with van der Waals surface area (Å²) >= 11 is 6.42. The molecule has 1 saturated carbocycles. The molecule has 5 aliphatic rings. The fraction of sp³-hybridized carbons (Fsp3) is 0.531. The number of carbonyl (C=O) groups is 1. The predicted octanol–water partition coefficient (Wildman–Crippen LogP) is 5.36. The van der Waals surface area contributed by atoms with Crippen molar-refractivity contribution < 1.29 is 22.7 Å². The molecule has 226 valence electrons. The molecule has 0 radical (unpaired) electrons. The second-order valence-corrected chi connectivity index (χ2v) is 14.4. The third kappa shape index (κ3) is 5.68. The lowest BCUT2D eigenvalue weighted by Crippen LogP contribution is -2.50. The van der Waals surface area contributed by atoms with Crippen molar-refractivity contribution in [1.82, 2.24) is 9.03 Å². The van der Waals surface area contributed by atoms with Crippen LogP contribution in [0.2, 0.25) is 5.02 Å². The van der Waals surface area contributed by atoms with Crippen LogP contribution in [0.15, 0.2) is 48.0 Å². The van der Waals surface area contributed by atoms with E-state index in [0.29, 0.717) is 30.7 Å². The van der Waals surface area contributed by atoms with Gasteiger partial charge < -0.3 is 14.4 Å². The summed E-state index contributed by atoms with van der Waals surface area (Å²) in [6.45, 7) is 3.82. The number of carbonyl (C=O) groups excluding carboxylic acids is 1. The fourth-order valence-corrected chi connectivity index (χ4v) is 8.22. The Bertz CT molecular complexity index is 1490. The molecule has 2 aliphatic carbocycles. The molecule has 5 atom stereocenters. The van der Waals surface area contributed by atoms with Gasteiger partial charge in [-0.05, 0) is 110 Å². The van der Waals surface area contributed by atoms with Gasteiger partial charge >= 0.3 is 10.2 Å². The number of ether oxygens (including phenoxy) is 2. The molecule has 1 amide bonds. The van der Waals surface area contributed by atoms with Crippen LogP contribution >= 0.6 is 11.6 Å². The second kappa shape index (κ2) is 11.8. The molecule has 4 bridgehead atoms. The van der Waals surface area contributed by atoms with E-state index in [1.165, 1.54) is 28.1 Å². The van der Waals surface area contributed by atoms with Gasteiger partial charge in [-0.2, -0.15) is 12.7 Å². The SMILES string of the molecule is CO[C@H]1C2=CC(C2)[C@H](C)N(C)S(=O)(=O)NC(=O)c2ccc3c(c2)N(Cc2ccc(Cl)cc2CCCCO3)C[C@@H]2CC[C@H]21. The molecule has 3 aliphatic heterocycles. The Kier molecular flexibility index (Phi) is 8.30. The minimum Gasteiger partial charge on any atom is -0.491 e. The van der Waals surface area contributed by atoms with Gasteiger partial charge in [0.25, 0.3) is 5.91 Å². The highest BCUT2D eigenvalue weighted by Gasteiger charge is 2.44. The number of fused-ring (bicyclic) bond motifs is 5. The predicted molar refractivity (Wildman–Crippen MR) is 164 cm³/mol. The molecule has 1 fully saturated rings. The summed E-state index contributed by atoms with van der Waals surface area (Å²) in [4.78, 5) is 15.7. The van der Waals surface area contributed by atoms with Crippen molar-refractivity contribution in [2.45, 2.75) is 64.1 Å². The van der Waals surface area contributed by atoms with Gasteiger partial charge in [-0.3, -0.25) is 4.79 Å². The van der Waals surface area contributed by atoms with Crippen LogP contribution in [0.3, 0.4) is 0 Å². The van der Waals surface area contributed by atoms with Crippen LogP contribution < -0.4 is 14.4 Å². The minimum atomic E-state index is -4.06. The molecule has 1 N–H and O–H groups in total. The lowest BCUT2D eigenvalue weighted by molar-refractivity contribution is -0.000350. The highest BCUT2D eigenvalue weighted by atomic mass is 35.5. The van der Waals surface area contributed by atoms with Gasteiger partial charge in [0.2, 0.25) is 0 Å². The van der Waals surface area contributed by atoms with E-state index >= 15 is 0 Å². The minimum absolute atomic E-state index is 0.0128. The molecule has 0 aromatic heterocycles. The number of aryl methyl sites for hydroxylation is 1. The Morgan fingerprint density at radius 2 is 1.90 bits per heavy atom. The van der Waals surface area contributed by atoms with Gasteiger partial charge in [0.05, 0.1) is 18.4 Å². The molecule has 10 heteroatoms. The number of benzene rings is 2. The molecule has 8 nitrogen and oxygen atoms in total. The number of hydrogen-bond acceptors (Lipinski definition) is 6. The van der Waals surface area contributed by atoms with Gasteiger partial charge in [0, 0.05) is 43.9 Å². The summed E-state index contributed by atoms with van der Waals surface area (Å²) < 4.78 is 42.5. The molecule has 3 heterocycles. The first kappa shape index (κ1) is 29.5. The van der Waals surface area contributed by atoms with Gasteiger partial charge in [-0.15, -0.1) is 0 Å². The maximum atomic E-state index is 13.4. The van der Waals surface area contributed by atoms with Crippen molar-refractivity contribution in [3.63, 3.8) is 0 Å². The highest BCUT2D eigenvalue weighted by molar-refractivity contribution is 7.87. The number of hydrogen-bond donors (Lipinski definition) is 1. The number of nitrogens with one attached hydrogen (secondary N) is 1. The Labute approximate surface area is 254 Å². The zero-order chi connectivity index (χ0) is 29.6. The number of nitrogens with zero attached hydrogens (tertiary/aromatic N) is 2. The Hall–Kier alpha value is -2.59. The van der Waals surface area contributed by atoms with Gasteiger partial charge in [-0.25, -0.2) is 4.72 Å². The largest absolute Gasteiger partial charge is 0.491 e. The van der Waals surface area contributed by atoms with E-state index in [0.717, 1.165) is 55.8 Å². The van der Waals surface area contributed by atoms with Crippen molar-refractivity contribution in [2.75, 3.05) is 32.2 Å². The van der Waals surface area contributed by atoms with Crippen LogP contribution in [0.1, 0.15) is 60.5 Å². The maximum Gasteiger partial charge on any atom is 0.304 e. The number of methoxy groups -OCH3 is 1. The molecule has 0 spiro atoms. The first-order valence-corrected chi connectivity index (χ1v) is 16.8. The second-order valence-electron chi connectivity index (χ2n) is 12.2. The van der Waals surface area contributed by atoms with E-state index in [1.807, 2.05) is 13.0 Å². The molecule has 0 saturated heterocycles. The monoisotopic (exact) mass is 613 g/mol. The topological polar surface area (TPSA) is 88.2 Å². The number of amides is 1. The molecule has 7 rings (SSSR count). The summed E-state index contributed by atoms with van der Waals surface area (Å²) in [7, 11) is -0.752. The van der Waals surface area contributed by atoms with Crippen molar-refractivity contribution in [3.8, 4) is 5.75 Å². The molecule has 42 heavy (non-hydrogen) atoms. The van der Waals surface area contributed by atoms with Crippen LogP contribution in [0.25, 0.3) is 0 Å². The molecular formula is C32H40ClN3O5S. The highest BCUT2D eigenvalue weighted by Crippen LogP contribution is 2.46. The zero-order valence-electron chi connectivity index (χ0n) is 24.5. The molecular weight excluding hydrogens is 574 g/mol. The lowest BCUT2D eigenvalue weighted by Gasteiger charge is -2.47. The zero-order valence-corrected chi connectivity index (χ0v) is 26.1. The summed E-state index contributed by atoms with van der Waals surface area (Å²) in [6, 6.07) is 11.0. The maximum absolute atomic E-state index is 13.4. The van der Waals surface area contributed by atoms with Crippen LogP contribution in [0.5, 0.6) is 5.75 Å². The molecule has 2 aromatic carbocycles. The normalized spacial score (nSPS) is 29.7. The Morgan fingerprint density at radius 1 is 1.10 bits per heavy atom. The van der Waals surface area contributed by atoms with Crippen LogP contribution in [-0.2, 0) is 27.9 Å². The standard InChI is InChI=1S/C32H40ClN3O5S/c1-20-25-14-26(15-25)31(40-3)28-11-8-24(28)19-36-18-23-7-10-27(33)16-21(23)6-4-5-13-41-30-12-9-22(17-29(30)36)32(37)34-42(38,39)35(20)2/h7,9-10,12,14,16-17,20,24-25,28,31H,4-6,8,11,13,15,18-19H2,1-3H3,(H,34,37)/t20-,24-,25?,28+,31-/m0/s1. The van der Waals surface area contributed by atoms with E-state index < -0.39 is 16.1 Å². The van der Waals surface area contributed by atoms with E-state index in [2.05, 4.69) is 27.8 Å². The third-order valence-corrected chi connectivity index (χ3v) is 11.6. The summed E-state index contributed by atoms with van der Waals surface area (Å²) in [5.41, 5.74) is 4.73. The van der Waals surface area contributed by atoms with E-state index in [-0.39, 0.29) is 23.6 Å². The van der Waals surface area contributed by atoms with Crippen molar-refractivity contribution in [2.24, 2.45) is 17.8 Å². The first-order valence-electron chi connectivity index (χ1n) is 15.0. The number of halogens is 1. The number of rotatable bonds is 1. The molecule has 2 aromatic rings. The van der Waals surface area contributed by atoms with E-state index in [1.54, 1.807) is 25.3 Å². The average Bonchev–Trinajstić information content (AvgIpc) is 2.95. The third-order valence-electron chi connectivity index (χ3n) is 9.82. The van der Waals surface area contributed by atoms with E-state index in [9.17, 15) is 13.2 Å². The summed E-state index contributed by atoms with van der Waals surface area (Å²) in [6.07, 6.45) is 7.92. The average molecular weight is 614 g/mol. The summed E-state index contributed by atoms with van der Waals surface area (Å²) in [5.74, 6) is 0.872. The van der Waals surface area contributed by atoms with E-state index in [4.69, 9.17) is 21.1 Å². The van der Waals surface area contributed by atoms with Crippen molar-refractivity contribution in [1.29, 1.82) is 0 Å².